The summed E-state index contributed by atoms with van der Waals surface area (Å²) in [6, 6.07) is 5.49. The second kappa shape index (κ2) is 4.31. The first-order valence-electron chi connectivity index (χ1n) is 5.40. The van der Waals surface area contributed by atoms with Crippen LogP contribution < -0.4 is 10.5 Å². The van der Waals surface area contributed by atoms with E-state index in [0.29, 0.717) is 37.5 Å². The van der Waals surface area contributed by atoms with Gasteiger partial charge in [-0.3, -0.25) is 0 Å². The highest BCUT2D eigenvalue weighted by molar-refractivity contribution is 5.60. The summed E-state index contributed by atoms with van der Waals surface area (Å²) in [5.41, 5.74) is 6.37. The van der Waals surface area contributed by atoms with Gasteiger partial charge in [0.05, 0.1) is 18.4 Å². The van der Waals surface area contributed by atoms with Crippen molar-refractivity contribution in [2.75, 3.05) is 26.1 Å². The van der Waals surface area contributed by atoms with E-state index in [1.54, 1.807) is 13.2 Å². The number of para-hydroxylation sites is 1. The molecule has 0 saturated carbocycles. The molecule has 16 heavy (non-hydrogen) atoms. The Morgan fingerprint density at radius 2 is 2.06 bits per heavy atom. The van der Waals surface area contributed by atoms with E-state index in [0.717, 1.165) is 5.56 Å². The molecule has 1 aromatic carbocycles. The number of aliphatic hydroxyl groups is 1. The highest BCUT2D eigenvalue weighted by Gasteiger charge is 2.34. The maximum absolute atomic E-state index is 10.5. The number of ether oxygens (including phenoxy) is 2. The van der Waals surface area contributed by atoms with Gasteiger partial charge in [-0.15, -0.1) is 0 Å². The average molecular weight is 223 g/mol. The summed E-state index contributed by atoms with van der Waals surface area (Å²) in [4.78, 5) is 0. The van der Waals surface area contributed by atoms with E-state index in [4.69, 9.17) is 15.2 Å². The predicted molar refractivity (Wildman–Crippen MR) is 61.4 cm³/mol. The van der Waals surface area contributed by atoms with Crippen LogP contribution in [0.1, 0.15) is 18.4 Å². The fourth-order valence-corrected chi connectivity index (χ4v) is 2.11. The summed E-state index contributed by atoms with van der Waals surface area (Å²) < 4.78 is 10.4. The molecule has 0 atom stereocenters. The number of nitrogen functional groups attached to an aromatic ring is 1. The van der Waals surface area contributed by atoms with E-state index in [2.05, 4.69) is 0 Å². The van der Waals surface area contributed by atoms with Crippen LogP contribution in [0.4, 0.5) is 5.69 Å². The summed E-state index contributed by atoms with van der Waals surface area (Å²) in [7, 11) is 1.57. The minimum absolute atomic E-state index is 0.523. The molecule has 0 radical (unpaired) electrons. The molecule has 0 aliphatic carbocycles. The van der Waals surface area contributed by atoms with Gasteiger partial charge in [-0.25, -0.2) is 0 Å². The molecule has 1 aromatic rings. The van der Waals surface area contributed by atoms with Crippen LogP contribution in [0, 0.1) is 0 Å². The highest BCUT2D eigenvalue weighted by Crippen LogP contribution is 2.38. The van der Waals surface area contributed by atoms with E-state index in [1.165, 1.54) is 0 Å². The van der Waals surface area contributed by atoms with Crippen LogP contribution in [-0.4, -0.2) is 25.4 Å². The van der Waals surface area contributed by atoms with Gasteiger partial charge in [0.1, 0.15) is 5.75 Å². The molecule has 2 rings (SSSR count). The third kappa shape index (κ3) is 1.86. The molecule has 0 aromatic heterocycles. The Kier molecular flexibility index (Phi) is 3.03. The molecule has 1 aliphatic heterocycles. The molecule has 1 heterocycles. The smallest absolute Gasteiger partial charge is 0.142 e. The third-order valence-corrected chi connectivity index (χ3v) is 3.11. The number of hydrogen-bond donors (Lipinski definition) is 2. The number of benzene rings is 1. The van der Waals surface area contributed by atoms with Gasteiger partial charge in [0.2, 0.25) is 0 Å². The number of rotatable bonds is 2. The molecule has 1 fully saturated rings. The quantitative estimate of drug-likeness (QED) is 0.741. The molecule has 1 aliphatic rings. The molecule has 88 valence electrons. The normalized spacial score (nSPS) is 19.4. The van der Waals surface area contributed by atoms with Gasteiger partial charge in [-0.1, -0.05) is 12.1 Å². The van der Waals surface area contributed by atoms with Crippen LogP contribution in [0.5, 0.6) is 5.75 Å². The van der Waals surface area contributed by atoms with Crippen molar-refractivity contribution in [3.63, 3.8) is 0 Å². The highest BCUT2D eigenvalue weighted by atomic mass is 16.5. The first kappa shape index (κ1) is 11.2. The Hall–Kier alpha value is -1.26. The lowest BCUT2D eigenvalue weighted by atomic mass is 9.85. The van der Waals surface area contributed by atoms with Crippen molar-refractivity contribution >= 4 is 5.69 Å². The molecule has 4 nitrogen and oxygen atoms in total. The van der Waals surface area contributed by atoms with Gasteiger partial charge < -0.3 is 20.3 Å². The largest absolute Gasteiger partial charge is 0.495 e. The van der Waals surface area contributed by atoms with E-state index in [-0.39, 0.29) is 0 Å². The summed E-state index contributed by atoms with van der Waals surface area (Å²) >= 11 is 0. The van der Waals surface area contributed by atoms with Gasteiger partial charge in [0.15, 0.2) is 0 Å². The number of hydrogen-bond acceptors (Lipinski definition) is 4. The third-order valence-electron chi connectivity index (χ3n) is 3.11. The van der Waals surface area contributed by atoms with Crippen molar-refractivity contribution < 1.29 is 14.6 Å². The van der Waals surface area contributed by atoms with Crippen molar-refractivity contribution in [1.29, 1.82) is 0 Å². The molecular formula is C12H17NO3. The van der Waals surface area contributed by atoms with Crippen molar-refractivity contribution in [1.82, 2.24) is 0 Å². The second-order valence-corrected chi connectivity index (χ2v) is 4.07. The van der Waals surface area contributed by atoms with Gasteiger partial charge in [0.25, 0.3) is 0 Å². The standard InChI is InChI=1S/C12H17NO3/c1-15-10-4-2-3-9(11(10)13)12(14)5-7-16-8-6-12/h2-4,14H,5-8,13H2,1H3. The topological polar surface area (TPSA) is 64.7 Å². The fraction of sp³-hybridized carbons (Fsp3) is 0.500. The number of methoxy groups -OCH3 is 1. The predicted octanol–water partition coefficient (Wildman–Crippen LogP) is 1.28. The Labute approximate surface area is 95.0 Å². The zero-order chi connectivity index (χ0) is 11.6. The first-order chi connectivity index (χ1) is 7.67. The lowest BCUT2D eigenvalue weighted by molar-refractivity contribution is -0.0675. The molecule has 3 N–H and O–H groups in total. The molecule has 0 bridgehead atoms. The van der Waals surface area contributed by atoms with Crippen molar-refractivity contribution in [2.24, 2.45) is 0 Å². The lowest BCUT2D eigenvalue weighted by Gasteiger charge is -2.33. The Bertz CT molecular complexity index is 373. The fourth-order valence-electron chi connectivity index (χ4n) is 2.11. The van der Waals surface area contributed by atoms with Crippen LogP contribution in [0.3, 0.4) is 0 Å². The van der Waals surface area contributed by atoms with Crippen molar-refractivity contribution in [2.45, 2.75) is 18.4 Å². The minimum atomic E-state index is -0.878. The van der Waals surface area contributed by atoms with Gasteiger partial charge in [0, 0.05) is 31.6 Å². The summed E-state index contributed by atoms with van der Waals surface area (Å²) in [5, 5.41) is 10.5. The van der Waals surface area contributed by atoms with Crippen LogP contribution in [0.25, 0.3) is 0 Å². The lowest BCUT2D eigenvalue weighted by Crippen LogP contribution is -2.34. The summed E-state index contributed by atoms with van der Waals surface area (Å²) in [6.07, 6.45) is 1.15. The Morgan fingerprint density at radius 1 is 1.38 bits per heavy atom. The van der Waals surface area contributed by atoms with Gasteiger partial charge in [-0.05, 0) is 6.07 Å². The van der Waals surface area contributed by atoms with Gasteiger partial charge in [-0.2, -0.15) is 0 Å². The van der Waals surface area contributed by atoms with E-state index in [9.17, 15) is 5.11 Å². The molecule has 1 saturated heterocycles. The Morgan fingerprint density at radius 3 is 2.69 bits per heavy atom. The maximum Gasteiger partial charge on any atom is 0.142 e. The monoisotopic (exact) mass is 223 g/mol. The summed E-state index contributed by atoms with van der Waals surface area (Å²) in [5.74, 6) is 0.609. The van der Waals surface area contributed by atoms with Crippen LogP contribution >= 0.6 is 0 Å². The molecule has 0 unspecified atom stereocenters. The molecule has 0 amide bonds. The maximum atomic E-state index is 10.5. The second-order valence-electron chi connectivity index (χ2n) is 4.07. The van der Waals surface area contributed by atoms with Crippen molar-refractivity contribution in [3.05, 3.63) is 23.8 Å². The zero-order valence-corrected chi connectivity index (χ0v) is 9.40. The van der Waals surface area contributed by atoms with Crippen LogP contribution in [-0.2, 0) is 10.3 Å². The SMILES string of the molecule is COc1cccc(C2(O)CCOCC2)c1N. The molecular weight excluding hydrogens is 206 g/mol. The number of nitrogens with two attached hydrogens (primary N) is 1. The molecule has 4 heteroatoms. The van der Waals surface area contributed by atoms with Crippen LogP contribution in [0.2, 0.25) is 0 Å². The van der Waals surface area contributed by atoms with E-state index < -0.39 is 5.60 Å². The van der Waals surface area contributed by atoms with Crippen molar-refractivity contribution in [3.8, 4) is 5.75 Å². The average Bonchev–Trinajstić information content (AvgIpc) is 2.30. The zero-order valence-electron chi connectivity index (χ0n) is 9.40. The van der Waals surface area contributed by atoms with Gasteiger partial charge >= 0.3 is 0 Å². The first-order valence-corrected chi connectivity index (χ1v) is 5.40. The summed E-state index contributed by atoms with van der Waals surface area (Å²) in [6.45, 7) is 1.13. The van der Waals surface area contributed by atoms with Crippen LogP contribution in [0.15, 0.2) is 18.2 Å². The Balaban J connectivity index is 2.38. The molecule has 0 spiro atoms. The number of anilines is 1. The van der Waals surface area contributed by atoms with E-state index >= 15 is 0 Å². The minimum Gasteiger partial charge on any atom is -0.495 e. The van der Waals surface area contributed by atoms with E-state index in [1.807, 2.05) is 12.1 Å².